The number of likely N-dealkylation sites (tertiary alicyclic amines) is 1. The van der Waals surface area contributed by atoms with E-state index in [9.17, 15) is 0 Å². The number of hydrogen-bond acceptors (Lipinski definition) is 3. The lowest BCUT2D eigenvalue weighted by atomic mass is 9.80. The molecule has 1 aliphatic rings. The van der Waals surface area contributed by atoms with Crippen LogP contribution in [-0.4, -0.2) is 25.1 Å². The standard InChI is InChI=1S/C16H26N2O/c1-16(2,3)13-5-6-18(11-13)10-12-7-14(17)9-15(8-12)19-4/h7-9,13H,5-6,10-11,17H2,1-4H3. The van der Waals surface area contributed by atoms with Gasteiger partial charge in [0, 0.05) is 24.8 Å². The molecular weight excluding hydrogens is 236 g/mol. The Labute approximate surface area is 116 Å². The van der Waals surface area contributed by atoms with E-state index >= 15 is 0 Å². The van der Waals surface area contributed by atoms with Crippen molar-refractivity contribution in [3.05, 3.63) is 23.8 Å². The molecule has 0 aliphatic carbocycles. The molecule has 19 heavy (non-hydrogen) atoms. The van der Waals surface area contributed by atoms with Crippen molar-refractivity contribution in [2.75, 3.05) is 25.9 Å². The molecule has 1 heterocycles. The molecule has 1 aliphatic heterocycles. The smallest absolute Gasteiger partial charge is 0.121 e. The molecule has 106 valence electrons. The zero-order valence-corrected chi connectivity index (χ0v) is 12.6. The van der Waals surface area contributed by atoms with Gasteiger partial charge in [0.05, 0.1) is 7.11 Å². The molecule has 2 rings (SSSR count). The number of ether oxygens (including phenoxy) is 1. The second kappa shape index (κ2) is 5.41. The van der Waals surface area contributed by atoms with Gasteiger partial charge in [0.15, 0.2) is 0 Å². The lowest BCUT2D eigenvalue weighted by Crippen LogP contribution is -2.25. The predicted octanol–water partition coefficient (Wildman–Crippen LogP) is 3.15. The summed E-state index contributed by atoms with van der Waals surface area (Å²) >= 11 is 0. The van der Waals surface area contributed by atoms with Crippen LogP contribution in [0.2, 0.25) is 0 Å². The van der Waals surface area contributed by atoms with Gasteiger partial charge < -0.3 is 10.5 Å². The summed E-state index contributed by atoms with van der Waals surface area (Å²) in [6.07, 6.45) is 1.29. The first-order valence-corrected chi connectivity index (χ1v) is 7.04. The fourth-order valence-electron chi connectivity index (χ4n) is 2.84. The van der Waals surface area contributed by atoms with E-state index in [0.29, 0.717) is 5.41 Å². The van der Waals surface area contributed by atoms with Gasteiger partial charge in [-0.15, -0.1) is 0 Å². The van der Waals surface area contributed by atoms with Crippen LogP contribution in [-0.2, 0) is 6.54 Å². The summed E-state index contributed by atoms with van der Waals surface area (Å²) in [5, 5.41) is 0. The van der Waals surface area contributed by atoms with Crippen LogP contribution < -0.4 is 10.5 Å². The van der Waals surface area contributed by atoms with E-state index in [2.05, 4.69) is 31.7 Å². The molecule has 0 amide bonds. The second-order valence-electron chi connectivity index (χ2n) is 6.70. The fourth-order valence-corrected chi connectivity index (χ4v) is 2.84. The van der Waals surface area contributed by atoms with Crippen molar-refractivity contribution in [1.82, 2.24) is 4.90 Å². The van der Waals surface area contributed by atoms with Crippen molar-refractivity contribution in [1.29, 1.82) is 0 Å². The zero-order chi connectivity index (χ0) is 14.0. The van der Waals surface area contributed by atoms with E-state index in [1.807, 2.05) is 12.1 Å². The summed E-state index contributed by atoms with van der Waals surface area (Å²) in [4.78, 5) is 2.52. The summed E-state index contributed by atoms with van der Waals surface area (Å²) in [6, 6.07) is 6.00. The molecule has 3 heteroatoms. The van der Waals surface area contributed by atoms with Crippen molar-refractivity contribution < 1.29 is 4.74 Å². The number of hydrogen-bond donors (Lipinski definition) is 1. The highest BCUT2D eigenvalue weighted by atomic mass is 16.5. The average Bonchev–Trinajstić information content (AvgIpc) is 2.76. The highest BCUT2D eigenvalue weighted by Gasteiger charge is 2.31. The van der Waals surface area contributed by atoms with E-state index < -0.39 is 0 Å². The van der Waals surface area contributed by atoms with Crippen molar-refractivity contribution in [2.45, 2.75) is 33.7 Å². The number of benzene rings is 1. The summed E-state index contributed by atoms with van der Waals surface area (Å²) in [7, 11) is 1.68. The molecule has 1 aromatic rings. The molecule has 0 bridgehead atoms. The first kappa shape index (κ1) is 14.2. The Morgan fingerprint density at radius 2 is 2.05 bits per heavy atom. The Hall–Kier alpha value is -1.22. The summed E-state index contributed by atoms with van der Waals surface area (Å²) in [5.74, 6) is 1.64. The van der Waals surface area contributed by atoms with Crippen LogP contribution in [0, 0.1) is 11.3 Å². The third kappa shape index (κ3) is 3.63. The van der Waals surface area contributed by atoms with Gasteiger partial charge in [0.25, 0.3) is 0 Å². The molecule has 0 radical (unpaired) electrons. The van der Waals surface area contributed by atoms with Crippen molar-refractivity contribution in [3.63, 3.8) is 0 Å². The molecule has 3 nitrogen and oxygen atoms in total. The predicted molar refractivity (Wildman–Crippen MR) is 80.2 cm³/mol. The third-order valence-electron chi connectivity index (χ3n) is 4.13. The van der Waals surface area contributed by atoms with E-state index in [4.69, 9.17) is 10.5 Å². The topological polar surface area (TPSA) is 38.5 Å². The Kier molecular flexibility index (Phi) is 4.04. The first-order valence-electron chi connectivity index (χ1n) is 7.04. The largest absolute Gasteiger partial charge is 0.497 e. The quantitative estimate of drug-likeness (QED) is 0.850. The van der Waals surface area contributed by atoms with Crippen LogP contribution in [0.1, 0.15) is 32.8 Å². The zero-order valence-electron chi connectivity index (χ0n) is 12.6. The van der Waals surface area contributed by atoms with Crippen LogP contribution in [0.4, 0.5) is 5.69 Å². The van der Waals surface area contributed by atoms with Gasteiger partial charge in [-0.1, -0.05) is 20.8 Å². The van der Waals surface area contributed by atoms with Crippen molar-refractivity contribution in [3.8, 4) is 5.75 Å². The summed E-state index contributed by atoms with van der Waals surface area (Å²) in [5.41, 5.74) is 8.33. The average molecular weight is 262 g/mol. The van der Waals surface area contributed by atoms with Gasteiger partial charge in [0.1, 0.15) is 5.75 Å². The number of nitrogen functional groups attached to an aromatic ring is 1. The number of nitrogens with zero attached hydrogens (tertiary/aromatic N) is 1. The molecular formula is C16H26N2O. The molecule has 0 aromatic heterocycles. The maximum Gasteiger partial charge on any atom is 0.121 e. The molecule has 0 spiro atoms. The Morgan fingerprint density at radius 1 is 1.32 bits per heavy atom. The molecule has 1 fully saturated rings. The monoisotopic (exact) mass is 262 g/mol. The molecule has 0 saturated carbocycles. The van der Waals surface area contributed by atoms with Crippen LogP contribution in [0.25, 0.3) is 0 Å². The maximum atomic E-state index is 5.91. The van der Waals surface area contributed by atoms with E-state index in [1.54, 1.807) is 7.11 Å². The summed E-state index contributed by atoms with van der Waals surface area (Å²) < 4.78 is 5.28. The molecule has 1 atom stereocenters. The lowest BCUT2D eigenvalue weighted by molar-refractivity contribution is 0.226. The number of anilines is 1. The molecule has 1 saturated heterocycles. The van der Waals surface area contributed by atoms with E-state index in [1.165, 1.54) is 25.1 Å². The Morgan fingerprint density at radius 3 is 2.63 bits per heavy atom. The molecule has 2 N–H and O–H groups in total. The first-order chi connectivity index (χ1) is 8.88. The van der Waals surface area contributed by atoms with Gasteiger partial charge in [-0.25, -0.2) is 0 Å². The van der Waals surface area contributed by atoms with E-state index in [0.717, 1.165) is 23.9 Å². The SMILES string of the molecule is COc1cc(N)cc(CN2CCC(C(C)(C)C)C2)c1. The van der Waals surface area contributed by atoms with Gasteiger partial charge in [-0.2, -0.15) is 0 Å². The van der Waals surface area contributed by atoms with Gasteiger partial charge in [-0.3, -0.25) is 4.90 Å². The van der Waals surface area contributed by atoms with Crippen LogP contribution in [0.5, 0.6) is 5.75 Å². The maximum absolute atomic E-state index is 5.91. The lowest BCUT2D eigenvalue weighted by Gasteiger charge is -2.27. The van der Waals surface area contributed by atoms with Crippen LogP contribution in [0.3, 0.4) is 0 Å². The molecule has 1 aromatic carbocycles. The van der Waals surface area contributed by atoms with Gasteiger partial charge >= 0.3 is 0 Å². The highest BCUT2D eigenvalue weighted by molar-refractivity contribution is 5.47. The van der Waals surface area contributed by atoms with Gasteiger partial charge in [0.2, 0.25) is 0 Å². The minimum atomic E-state index is 0.405. The number of nitrogens with two attached hydrogens (primary N) is 1. The summed E-state index contributed by atoms with van der Waals surface area (Å²) in [6.45, 7) is 10.3. The van der Waals surface area contributed by atoms with Gasteiger partial charge in [-0.05, 0) is 42.0 Å². The van der Waals surface area contributed by atoms with E-state index in [-0.39, 0.29) is 0 Å². The fraction of sp³-hybridized carbons (Fsp3) is 0.625. The Bertz CT molecular complexity index is 437. The van der Waals surface area contributed by atoms with Crippen LogP contribution >= 0.6 is 0 Å². The normalized spacial score (nSPS) is 20.7. The highest BCUT2D eigenvalue weighted by Crippen LogP contribution is 2.34. The third-order valence-corrected chi connectivity index (χ3v) is 4.13. The van der Waals surface area contributed by atoms with Crippen molar-refractivity contribution in [2.24, 2.45) is 11.3 Å². The van der Waals surface area contributed by atoms with Crippen LogP contribution in [0.15, 0.2) is 18.2 Å². The minimum absolute atomic E-state index is 0.405. The number of methoxy groups -OCH3 is 1. The minimum Gasteiger partial charge on any atom is -0.497 e. The second-order valence-corrected chi connectivity index (χ2v) is 6.70. The Balaban J connectivity index is 2.01. The molecule has 1 unspecified atom stereocenters. The van der Waals surface area contributed by atoms with Crippen molar-refractivity contribution >= 4 is 5.69 Å². The number of rotatable bonds is 3.